The van der Waals surface area contributed by atoms with Crippen LogP contribution in [0.2, 0.25) is 0 Å². The first-order valence-electron chi connectivity index (χ1n) is 32.6. The smallest absolute Gasteiger partial charge is 0.311 e. The van der Waals surface area contributed by atoms with Gasteiger partial charge in [0.2, 0.25) is 6.71 Å². The van der Waals surface area contributed by atoms with E-state index in [1.54, 1.807) is 0 Å². The number of fused-ring (bicyclic) bond motifs is 8. The molecule has 13 heteroatoms. The Morgan fingerprint density at radius 3 is 1.34 bits per heavy atom. The van der Waals surface area contributed by atoms with Crippen molar-refractivity contribution in [1.29, 1.82) is 0 Å². The molecule has 0 saturated carbocycles. The molecule has 98 heavy (non-hydrogen) atoms. The molecule has 4 aliphatic heterocycles. The summed E-state index contributed by atoms with van der Waals surface area (Å²) in [5.41, 5.74) is 14.7. The Labute approximate surface area is 569 Å². The first-order chi connectivity index (χ1) is 48.2. The Morgan fingerprint density at radius 2 is 0.755 bits per heavy atom. The van der Waals surface area contributed by atoms with E-state index < -0.39 is 42.5 Å². The summed E-state index contributed by atoms with van der Waals surface area (Å²) >= 11 is 1.07. The van der Waals surface area contributed by atoms with Crippen molar-refractivity contribution in [2.24, 2.45) is 0 Å². The Balaban J connectivity index is 0.969. The number of hydrogen-bond acceptors (Lipinski definition) is 6. The molecule has 4 heterocycles. The zero-order valence-corrected chi connectivity index (χ0v) is 53.2. The molecular weight excluding hydrogens is 1240 g/mol. The topological polar surface area (TPSA) is 16.2 Å². The van der Waals surface area contributed by atoms with E-state index >= 15 is 22.0 Å². The van der Waals surface area contributed by atoms with Gasteiger partial charge in [-0.15, -0.1) is 0 Å². The third-order valence-corrected chi connectivity index (χ3v) is 20.6. The van der Waals surface area contributed by atoms with Gasteiger partial charge in [0.25, 0.3) is 6.71 Å². The molecule has 0 spiro atoms. The molecule has 0 unspecified atom stereocenters. The molecular formula is C85H54B2F5N5S. The second kappa shape index (κ2) is 23.5. The van der Waals surface area contributed by atoms with E-state index in [-0.39, 0.29) is 21.7 Å². The molecule has 5 nitrogen and oxygen atoms in total. The summed E-state index contributed by atoms with van der Waals surface area (Å²) in [6.07, 6.45) is -5.15. The van der Waals surface area contributed by atoms with Crippen LogP contribution in [-0.4, -0.2) is 13.4 Å². The number of benzene rings is 14. The van der Waals surface area contributed by atoms with Crippen LogP contribution in [-0.2, 0) is 6.18 Å². The van der Waals surface area contributed by atoms with Crippen molar-refractivity contribution in [3.63, 3.8) is 0 Å². The third kappa shape index (κ3) is 9.46. The molecule has 466 valence electrons. The monoisotopic (exact) mass is 1290 g/mol. The Bertz CT molecular complexity index is 5380. The molecule has 0 N–H and O–H groups in total. The first-order valence-corrected chi connectivity index (χ1v) is 33.4. The molecule has 0 fully saturated rings. The van der Waals surface area contributed by atoms with Crippen LogP contribution in [0.1, 0.15) is 5.56 Å². The fraction of sp³-hybridized carbons (Fsp3) is 0.0118. The molecule has 0 bridgehead atoms. The second-order valence-corrected chi connectivity index (χ2v) is 25.9. The van der Waals surface area contributed by atoms with Crippen LogP contribution in [0, 0.1) is 11.6 Å². The maximum absolute atomic E-state index is 18.3. The van der Waals surface area contributed by atoms with E-state index in [0.29, 0.717) is 32.9 Å². The predicted octanol–water partition coefficient (Wildman–Crippen LogP) is 20.1. The van der Waals surface area contributed by atoms with Gasteiger partial charge in [0.15, 0.2) is 0 Å². The van der Waals surface area contributed by atoms with E-state index in [4.69, 9.17) is 0 Å². The molecule has 0 atom stereocenters. The summed E-state index contributed by atoms with van der Waals surface area (Å²) in [4.78, 5) is 10.5. The summed E-state index contributed by atoms with van der Waals surface area (Å²) in [5.74, 6) is -2.06. The summed E-state index contributed by atoms with van der Waals surface area (Å²) in [7, 11) is 0. The fourth-order valence-electron chi connectivity index (χ4n) is 15.5. The largest absolute Gasteiger partial charge is 0.419 e. The van der Waals surface area contributed by atoms with Crippen LogP contribution in [0.4, 0.5) is 107 Å². The van der Waals surface area contributed by atoms with Gasteiger partial charge >= 0.3 is 6.18 Å². The number of rotatable bonds is 11. The minimum atomic E-state index is -5.15. The van der Waals surface area contributed by atoms with Crippen molar-refractivity contribution >= 4 is 143 Å². The highest BCUT2D eigenvalue weighted by Gasteiger charge is 2.53. The molecule has 0 aromatic heterocycles. The van der Waals surface area contributed by atoms with Crippen LogP contribution >= 0.6 is 11.8 Å². The zero-order valence-electron chi connectivity index (χ0n) is 52.4. The standard InChI is InChI=1S/C85H54B2F5N5S/c88-69-44-27-45-70(89)83(69)97-76-51-61(93(57-32-11-3-12-33-57)58-34-13-4-14-35-58)50-75-80(76)86(65-42-21-25-48-73(65)95(75)60-38-17-6-18-39-60)67-54-68-84(79(82(67)97)85(90,91)92)98-78-53-62(94(59-36-15-5-16-37-59)71-46-23-19-40-63(71)55-28-7-1-8-29-55)52-77-81(78)87(68)66-43-22-26-49-74(66)96(77)72-47-24-20-41-64(72)56-30-9-2-10-31-56/h1-54H. The average Bonchev–Trinajstić information content (AvgIpc) is 0.680. The summed E-state index contributed by atoms with van der Waals surface area (Å²) in [5, 5.41) is 0. The molecule has 4 aliphatic rings. The maximum Gasteiger partial charge on any atom is 0.419 e. The number of halogens is 5. The Kier molecular flexibility index (Phi) is 14.1. The van der Waals surface area contributed by atoms with E-state index in [1.165, 1.54) is 11.0 Å². The Hall–Kier alpha value is -11.8. The van der Waals surface area contributed by atoms with Crippen LogP contribution in [0.5, 0.6) is 0 Å². The molecule has 14 aromatic carbocycles. The van der Waals surface area contributed by atoms with Crippen molar-refractivity contribution in [1.82, 2.24) is 0 Å². The van der Waals surface area contributed by atoms with Crippen molar-refractivity contribution in [3.8, 4) is 22.3 Å². The van der Waals surface area contributed by atoms with Crippen LogP contribution in [0.15, 0.2) is 337 Å². The van der Waals surface area contributed by atoms with Crippen LogP contribution in [0.3, 0.4) is 0 Å². The average molecular weight is 1290 g/mol. The lowest BCUT2D eigenvalue weighted by molar-refractivity contribution is -0.139. The summed E-state index contributed by atoms with van der Waals surface area (Å²) in [6.45, 7) is -1.72. The third-order valence-electron chi connectivity index (χ3n) is 19.3. The zero-order chi connectivity index (χ0) is 65.8. The molecule has 14 aromatic rings. The number of anilines is 15. The van der Waals surface area contributed by atoms with Crippen LogP contribution in [0.25, 0.3) is 22.3 Å². The number of alkyl halides is 3. The van der Waals surface area contributed by atoms with Crippen molar-refractivity contribution in [3.05, 3.63) is 345 Å². The normalized spacial score (nSPS) is 13.0. The Morgan fingerprint density at radius 1 is 0.316 bits per heavy atom. The van der Waals surface area contributed by atoms with Crippen molar-refractivity contribution < 1.29 is 22.0 Å². The second-order valence-electron chi connectivity index (χ2n) is 24.8. The predicted molar refractivity (Wildman–Crippen MR) is 396 cm³/mol. The van der Waals surface area contributed by atoms with Gasteiger partial charge in [-0.25, -0.2) is 8.78 Å². The molecule has 0 aliphatic carbocycles. The van der Waals surface area contributed by atoms with E-state index in [1.807, 2.05) is 235 Å². The summed E-state index contributed by atoms with van der Waals surface area (Å²) < 4.78 is 90.5. The number of hydrogen-bond donors (Lipinski definition) is 0. The minimum Gasteiger partial charge on any atom is -0.311 e. The van der Waals surface area contributed by atoms with Gasteiger partial charge < -0.3 is 24.5 Å². The van der Waals surface area contributed by atoms with Gasteiger partial charge in [0.05, 0.1) is 28.3 Å². The van der Waals surface area contributed by atoms with Crippen molar-refractivity contribution in [2.75, 3.05) is 24.5 Å². The van der Waals surface area contributed by atoms with Gasteiger partial charge in [-0.3, -0.25) is 0 Å². The SMILES string of the molecule is Fc1cccc(F)c1N1c2cc(N(c3ccccc3)c3ccccc3)cc3c2B(c2ccccc2N3c2ccccc2)c2cc3c(c(C(F)(F)F)c21)Sc1cc(N(c2ccccc2)c2ccccc2-c2ccccc2)cc2c1B3c1ccccc1N2c1ccccc1-c1ccccc1. The van der Waals surface area contributed by atoms with Gasteiger partial charge in [-0.05, 0) is 148 Å². The van der Waals surface area contributed by atoms with E-state index in [9.17, 15) is 0 Å². The van der Waals surface area contributed by atoms with Gasteiger partial charge in [-0.1, -0.05) is 236 Å². The van der Waals surface area contributed by atoms with Crippen molar-refractivity contribution in [2.45, 2.75) is 16.0 Å². The number of para-hydroxylation sites is 9. The molecule has 0 saturated heterocycles. The lowest BCUT2D eigenvalue weighted by Crippen LogP contribution is -2.65. The quantitative estimate of drug-likeness (QED) is 0.0941. The van der Waals surface area contributed by atoms with E-state index in [0.717, 1.165) is 114 Å². The highest BCUT2D eigenvalue weighted by atomic mass is 32.2. The maximum atomic E-state index is 18.3. The highest BCUT2D eigenvalue weighted by Crippen LogP contribution is 2.56. The minimum absolute atomic E-state index is 0.0625. The first kappa shape index (κ1) is 58.8. The van der Waals surface area contributed by atoms with Gasteiger partial charge in [0.1, 0.15) is 17.3 Å². The fourth-order valence-corrected chi connectivity index (χ4v) is 16.8. The number of nitrogens with zero attached hydrogens (tertiary/aromatic N) is 5. The lowest BCUT2D eigenvalue weighted by Gasteiger charge is -2.47. The summed E-state index contributed by atoms with van der Waals surface area (Å²) in [6, 6.07) is 106. The lowest BCUT2D eigenvalue weighted by atomic mass is 9.30. The van der Waals surface area contributed by atoms with Crippen LogP contribution < -0.4 is 57.3 Å². The highest BCUT2D eigenvalue weighted by molar-refractivity contribution is 8.00. The molecule has 0 radical (unpaired) electrons. The molecule has 18 rings (SSSR count). The van der Waals surface area contributed by atoms with Gasteiger partial charge in [-0.2, -0.15) is 13.2 Å². The van der Waals surface area contributed by atoms with Gasteiger partial charge in [0, 0.05) is 77.8 Å². The van der Waals surface area contributed by atoms with E-state index in [2.05, 4.69) is 93.6 Å². The molecule has 0 amide bonds.